The van der Waals surface area contributed by atoms with Crippen molar-refractivity contribution in [1.82, 2.24) is 0 Å². The first kappa shape index (κ1) is 11.5. The summed E-state index contributed by atoms with van der Waals surface area (Å²) < 4.78 is 6.41. The first-order valence-corrected chi connectivity index (χ1v) is 6.62. The van der Waals surface area contributed by atoms with Gasteiger partial charge in [0, 0.05) is 10.9 Å². The second kappa shape index (κ2) is 4.57. The Kier molecular flexibility index (Phi) is 2.91. The summed E-state index contributed by atoms with van der Waals surface area (Å²) in [6, 6.07) is 17.2. The van der Waals surface area contributed by atoms with Crippen molar-refractivity contribution >= 4 is 33.4 Å². The second-order valence-corrected chi connectivity index (χ2v) is 5.02. The number of fused-ring (bicyclic) bond motifs is 1. The molecule has 0 bridgehead atoms. The van der Waals surface area contributed by atoms with E-state index >= 15 is 0 Å². The van der Waals surface area contributed by atoms with Crippen molar-refractivity contribution in [3.63, 3.8) is 0 Å². The number of hydrogen-bond acceptors (Lipinski definition) is 2. The van der Waals surface area contributed by atoms with Gasteiger partial charge in [0.15, 0.2) is 5.76 Å². The third kappa shape index (κ3) is 1.84. The molecule has 0 aliphatic rings. The predicted octanol–water partition coefficient (Wildman–Crippen LogP) is 4.06. The van der Waals surface area contributed by atoms with Crippen LogP contribution in [0.15, 0.2) is 63.8 Å². The summed E-state index contributed by atoms with van der Waals surface area (Å²) >= 11 is 2.23. The molecule has 3 heteroatoms. The van der Waals surface area contributed by atoms with Gasteiger partial charge in [0.1, 0.15) is 0 Å². The van der Waals surface area contributed by atoms with E-state index in [0.29, 0.717) is 11.1 Å². The van der Waals surface area contributed by atoms with Gasteiger partial charge in [-0.25, -0.2) is 4.79 Å². The van der Waals surface area contributed by atoms with Gasteiger partial charge in [-0.2, -0.15) is 0 Å². The summed E-state index contributed by atoms with van der Waals surface area (Å²) in [5.41, 5.74) is 0.634. The topological polar surface area (TPSA) is 30.2 Å². The standard InChI is InChI=1S/C15H9IO2/c16-13-11-8-4-5-9-12(11)15(17)18-14(13)10-6-2-1-3-7-10/h1-9H. The van der Waals surface area contributed by atoms with Gasteiger partial charge in [-0.1, -0.05) is 48.5 Å². The van der Waals surface area contributed by atoms with E-state index in [1.165, 1.54) is 0 Å². The average molecular weight is 348 g/mol. The highest BCUT2D eigenvalue weighted by molar-refractivity contribution is 14.1. The first-order valence-electron chi connectivity index (χ1n) is 5.54. The quantitative estimate of drug-likeness (QED) is 0.621. The van der Waals surface area contributed by atoms with Crippen LogP contribution in [0, 0.1) is 3.57 Å². The van der Waals surface area contributed by atoms with Crippen LogP contribution in [-0.4, -0.2) is 0 Å². The number of halogens is 1. The van der Waals surface area contributed by atoms with E-state index in [4.69, 9.17) is 4.42 Å². The maximum absolute atomic E-state index is 12.0. The van der Waals surface area contributed by atoms with Crippen LogP contribution >= 0.6 is 22.6 Å². The normalized spacial score (nSPS) is 10.7. The molecule has 88 valence electrons. The Morgan fingerprint density at radius 3 is 2.17 bits per heavy atom. The molecule has 2 nitrogen and oxygen atoms in total. The Morgan fingerprint density at radius 1 is 0.833 bits per heavy atom. The summed E-state index contributed by atoms with van der Waals surface area (Å²) in [4.78, 5) is 12.0. The number of hydrogen-bond donors (Lipinski definition) is 0. The van der Waals surface area contributed by atoms with Crippen molar-refractivity contribution in [2.24, 2.45) is 0 Å². The molecular formula is C15H9IO2. The van der Waals surface area contributed by atoms with Crippen LogP contribution in [0.1, 0.15) is 0 Å². The van der Waals surface area contributed by atoms with Crippen LogP contribution in [0.4, 0.5) is 0 Å². The molecule has 0 unspecified atom stereocenters. The maximum Gasteiger partial charge on any atom is 0.344 e. The fraction of sp³-hybridized carbons (Fsp3) is 0. The first-order chi connectivity index (χ1) is 8.77. The molecule has 18 heavy (non-hydrogen) atoms. The Morgan fingerprint density at radius 2 is 1.44 bits per heavy atom. The molecule has 3 aromatic rings. The van der Waals surface area contributed by atoms with Crippen LogP contribution < -0.4 is 5.63 Å². The van der Waals surface area contributed by atoms with Gasteiger partial charge in [0.05, 0.1) is 8.96 Å². The second-order valence-electron chi connectivity index (χ2n) is 3.94. The molecule has 0 saturated carbocycles. The lowest BCUT2D eigenvalue weighted by Crippen LogP contribution is -2.02. The number of benzene rings is 2. The minimum atomic E-state index is -0.287. The van der Waals surface area contributed by atoms with Crippen LogP contribution in [0.3, 0.4) is 0 Å². The van der Waals surface area contributed by atoms with Gasteiger partial charge < -0.3 is 4.42 Å². The Labute approximate surface area is 117 Å². The molecule has 2 aromatic carbocycles. The van der Waals surface area contributed by atoms with Gasteiger partial charge in [0.2, 0.25) is 0 Å². The third-order valence-electron chi connectivity index (χ3n) is 2.81. The van der Waals surface area contributed by atoms with Crippen LogP contribution in [0.25, 0.3) is 22.1 Å². The van der Waals surface area contributed by atoms with Gasteiger partial charge in [-0.15, -0.1) is 0 Å². The average Bonchev–Trinajstić information content (AvgIpc) is 2.44. The van der Waals surface area contributed by atoms with Crippen LogP contribution in [0.5, 0.6) is 0 Å². The third-order valence-corrected chi connectivity index (χ3v) is 3.88. The van der Waals surface area contributed by atoms with Crippen molar-refractivity contribution in [3.8, 4) is 11.3 Å². The van der Waals surface area contributed by atoms with Crippen LogP contribution in [-0.2, 0) is 0 Å². The summed E-state index contributed by atoms with van der Waals surface area (Å²) in [6.07, 6.45) is 0. The minimum Gasteiger partial charge on any atom is -0.421 e. The van der Waals surface area contributed by atoms with E-state index in [1.807, 2.05) is 48.5 Å². The van der Waals surface area contributed by atoms with E-state index in [1.54, 1.807) is 6.07 Å². The highest BCUT2D eigenvalue weighted by atomic mass is 127. The lowest BCUT2D eigenvalue weighted by atomic mass is 10.1. The number of rotatable bonds is 1. The Balaban J connectivity index is 2.39. The summed E-state index contributed by atoms with van der Waals surface area (Å²) in [6.45, 7) is 0. The molecule has 3 rings (SSSR count). The van der Waals surface area contributed by atoms with Crippen molar-refractivity contribution in [3.05, 3.63) is 68.6 Å². The molecule has 0 saturated heterocycles. The molecule has 0 spiro atoms. The molecule has 0 radical (unpaired) electrons. The molecule has 0 amide bonds. The molecule has 0 aliphatic heterocycles. The zero-order valence-corrected chi connectivity index (χ0v) is 11.5. The zero-order chi connectivity index (χ0) is 12.5. The lowest BCUT2D eigenvalue weighted by Gasteiger charge is -2.06. The van der Waals surface area contributed by atoms with E-state index in [-0.39, 0.29) is 5.63 Å². The van der Waals surface area contributed by atoms with Crippen molar-refractivity contribution in [1.29, 1.82) is 0 Å². The highest BCUT2D eigenvalue weighted by Crippen LogP contribution is 2.29. The fourth-order valence-corrected chi connectivity index (χ4v) is 2.83. The van der Waals surface area contributed by atoms with Crippen molar-refractivity contribution in [2.75, 3.05) is 0 Å². The van der Waals surface area contributed by atoms with Gasteiger partial charge in [0.25, 0.3) is 0 Å². The predicted molar refractivity (Wildman–Crippen MR) is 80.6 cm³/mol. The van der Waals surface area contributed by atoms with Gasteiger partial charge in [-0.05, 0) is 28.7 Å². The van der Waals surface area contributed by atoms with Crippen LogP contribution in [0.2, 0.25) is 0 Å². The summed E-state index contributed by atoms with van der Waals surface area (Å²) in [7, 11) is 0. The largest absolute Gasteiger partial charge is 0.421 e. The SMILES string of the molecule is O=c1oc(-c2ccccc2)c(I)c2ccccc12. The summed E-state index contributed by atoms with van der Waals surface area (Å²) in [5.74, 6) is 0.639. The van der Waals surface area contributed by atoms with Gasteiger partial charge >= 0.3 is 5.63 Å². The highest BCUT2D eigenvalue weighted by Gasteiger charge is 2.12. The summed E-state index contributed by atoms with van der Waals surface area (Å²) in [5, 5.41) is 1.56. The zero-order valence-electron chi connectivity index (χ0n) is 9.39. The Hall–Kier alpha value is -1.62. The molecular weight excluding hydrogens is 339 g/mol. The maximum atomic E-state index is 12.0. The minimum absolute atomic E-state index is 0.287. The van der Waals surface area contributed by atoms with E-state index in [2.05, 4.69) is 22.6 Å². The smallest absolute Gasteiger partial charge is 0.344 e. The van der Waals surface area contributed by atoms with Crippen molar-refractivity contribution in [2.45, 2.75) is 0 Å². The monoisotopic (exact) mass is 348 g/mol. The Bertz CT molecular complexity index is 760. The molecule has 1 aromatic heterocycles. The fourth-order valence-electron chi connectivity index (χ4n) is 1.94. The van der Waals surface area contributed by atoms with Crippen molar-refractivity contribution < 1.29 is 4.42 Å². The lowest BCUT2D eigenvalue weighted by molar-refractivity contribution is 0.532. The molecule has 1 heterocycles. The molecule has 0 atom stereocenters. The van der Waals surface area contributed by atoms with Gasteiger partial charge in [-0.3, -0.25) is 0 Å². The molecule has 0 fully saturated rings. The van der Waals surface area contributed by atoms with E-state index in [0.717, 1.165) is 14.5 Å². The van der Waals surface area contributed by atoms with E-state index in [9.17, 15) is 4.79 Å². The van der Waals surface area contributed by atoms with E-state index < -0.39 is 0 Å². The molecule has 0 aliphatic carbocycles. The molecule has 0 N–H and O–H groups in total.